The SMILES string of the molecule is COCCOCCCCNC(=O)CCC1CCNC1. The summed E-state index contributed by atoms with van der Waals surface area (Å²) in [6, 6.07) is 0. The number of carbonyl (C=O) groups excluding carboxylic acids is 1. The van der Waals surface area contributed by atoms with Crippen LogP contribution in [0.3, 0.4) is 0 Å². The first-order valence-electron chi connectivity index (χ1n) is 7.37. The highest BCUT2D eigenvalue weighted by molar-refractivity contribution is 5.75. The quantitative estimate of drug-likeness (QED) is 0.550. The number of methoxy groups -OCH3 is 1. The molecule has 1 atom stereocenters. The van der Waals surface area contributed by atoms with Gasteiger partial charge in [-0.1, -0.05) is 0 Å². The molecule has 5 nitrogen and oxygen atoms in total. The Morgan fingerprint density at radius 2 is 2.21 bits per heavy atom. The Morgan fingerprint density at radius 3 is 2.95 bits per heavy atom. The zero-order valence-electron chi connectivity index (χ0n) is 12.1. The molecule has 0 aromatic carbocycles. The topological polar surface area (TPSA) is 59.6 Å². The summed E-state index contributed by atoms with van der Waals surface area (Å²) in [4.78, 5) is 11.6. The van der Waals surface area contributed by atoms with Gasteiger partial charge < -0.3 is 20.1 Å². The van der Waals surface area contributed by atoms with E-state index in [0.29, 0.717) is 25.6 Å². The highest BCUT2D eigenvalue weighted by atomic mass is 16.5. The van der Waals surface area contributed by atoms with E-state index in [4.69, 9.17) is 9.47 Å². The number of ether oxygens (including phenoxy) is 2. The first-order chi connectivity index (χ1) is 9.33. The van der Waals surface area contributed by atoms with Crippen LogP contribution in [-0.2, 0) is 14.3 Å². The van der Waals surface area contributed by atoms with Crippen molar-refractivity contribution < 1.29 is 14.3 Å². The molecule has 1 heterocycles. The van der Waals surface area contributed by atoms with E-state index in [1.165, 1.54) is 6.42 Å². The molecule has 2 N–H and O–H groups in total. The second-order valence-electron chi connectivity index (χ2n) is 5.06. The van der Waals surface area contributed by atoms with Crippen LogP contribution in [0.25, 0.3) is 0 Å². The van der Waals surface area contributed by atoms with Crippen molar-refractivity contribution in [3.05, 3.63) is 0 Å². The molecule has 1 aliphatic rings. The zero-order valence-corrected chi connectivity index (χ0v) is 12.1. The molecular formula is C14H28N2O3. The Balaban J connectivity index is 1.81. The third-order valence-corrected chi connectivity index (χ3v) is 3.41. The first kappa shape index (κ1) is 16.4. The number of rotatable bonds is 11. The third-order valence-electron chi connectivity index (χ3n) is 3.41. The summed E-state index contributed by atoms with van der Waals surface area (Å²) in [7, 11) is 1.67. The van der Waals surface area contributed by atoms with Crippen LogP contribution in [0.1, 0.15) is 32.1 Å². The van der Waals surface area contributed by atoms with E-state index >= 15 is 0 Å². The second-order valence-corrected chi connectivity index (χ2v) is 5.06. The molecule has 1 rings (SSSR count). The van der Waals surface area contributed by atoms with Gasteiger partial charge in [0.25, 0.3) is 0 Å². The maximum atomic E-state index is 11.6. The zero-order chi connectivity index (χ0) is 13.8. The van der Waals surface area contributed by atoms with Crippen molar-refractivity contribution in [2.75, 3.05) is 46.6 Å². The van der Waals surface area contributed by atoms with Crippen molar-refractivity contribution in [1.82, 2.24) is 10.6 Å². The largest absolute Gasteiger partial charge is 0.382 e. The lowest BCUT2D eigenvalue weighted by Crippen LogP contribution is -2.25. The lowest BCUT2D eigenvalue weighted by molar-refractivity contribution is -0.121. The molecule has 0 aliphatic carbocycles. The predicted molar refractivity (Wildman–Crippen MR) is 75.1 cm³/mol. The number of carbonyl (C=O) groups is 1. The molecule has 0 aromatic rings. The van der Waals surface area contributed by atoms with Crippen LogP contribution >= 0.6 is 0 Å². The van der Waals surface area contributed by atoms with Crippen molar-refractivity contribution in [2.45, 2.75) is 32.1 Å². The normalized spacial score (nSPS) is 18.7. The molecule has 0 saturated carbocycles. The summed E-state index contributed by atoms with van der Waals surface area (Å²) in [5.41, 5.74) is 0. The van der Waals surface area contributed by atoms with Gasteiger partial charge >= 0.3 is 0 Å². The maximum absolute atomic E-state index is 11.6. The molecule has 1 aliphatic heterocycles. The summed E-state index contributed by atoms with van der Waals surface area (Å²) < 4.78 is 10.2. The maximum Gasteiger partial charge on any atom is 0.220 e. The number of nitrogens with one attached hydrogen (secondary N) is 2. The molecule has 19 heavy (non-hydrogen) atoms. The molecule has 0 spiro atoms. The van der Waals surface area contributed by atoms with Crippen LogP contribution in [0.4, 0.5) is 0 Å². The summed E-state index contributed by atoms with van der Waals surface area (Å²) >= 11 is 0. The minimum atomic E-state index is 0.187. The Morgan fingerprint density at radius 1 is 1.32 bits per heavy atom. The number of amides is 1. The van der Waals surface area contributed by atoms with E-state index in [-0.39, 0.29) is 5.91 Å². The fraction of sp³-hybridized carbons (Fsp3) is 0.929. The van der Waals surface area contributed by atoms with Crippen LogP contribution in [0.5, 0.6) is 0 Å². The number of hydrogen-bond donors (Lipinski definition) is 2. The molecule has 112 valence electrons. The highest BCUT2D eigenvalue weighted by Crippen LogP contribution is 2.13. The van der Waals surface area contributed by atoms with Gasteiger partial charge in [0.05, 0.1) is 13.2 Å². The van der Waals surface area contributed by atoms with Crippen LogP contribution in [0.2, 0.25) is 0 Å². The van der Waals surface area contributed by atoms with E-state index in [0.717, 1.165) is 45.5 Å². The fourth-order valence-electron chi connectivity index (χ4n) is 2.19. The third kappa shape index (κ3) is 8.97. The minimum absolute atomic E-state index is 0.187. The first-order valence-corrected chi connectivity index (χ1v) is 7.37. The Hall–Kier alpha value is -0.650. The van der Waals surface area contributed by atoms with Crippen LogP contribution in [-0.4, -0.2) is 52.5 Å². The lowest BCUT2D eigenvalue weighted by atomic mass is 10.0. The van der Waals surface area contributed by atoms with Crippen molar-refractivity contribution in [3.63, 3.8) is 0 Å². The van der Waals surface area contributed by atoms with Gasteiger partial charge in [-0.25, -0.2) is 0 Å². The molecule has 1 unspecified atom stereocenters. The molecule has 0 radical (unpaired) electrons. The summed E-state index contributed by atoms with van der Waals surface area (Å²) in [5.74, 6) is 0.882. The van der Waals surface area contributed by atoms with Crippen LogP contribution in [0, 0.1) is 5.92 Å². The van der Waals surface area contributed by atoms with E-state index in [1.54, 1.807) is 7.11 Å². The molecule has 1 amide bonds. The van der Waals surface area contributed by atoms with Crippen LogP contribution in [0.15, 0.2) is 0 Å². The number of unbranched alkanes of at least 4 members (excludes halogenated alkanes) is 1. The van der Waals surface area contributed by atoms with Crippen molar-refractivity contribution in [1.29, 1.82) is 0 Å². The molecule has 5 heteroatoms. The minimum Gasteiger partial charge on any atom is -0.382 e. The average molecular weight is 272 g/mol. The van der Waals surface area contributed by atoms with E-state index in [1.807, 2.05) is 0 Å². The van der Waals surface area contributed by atoms with Gasteiger partial charge in [-0.2, -0.15) is 0 Å². The van der Waals surface area contributed by atoms with Crippen molar-refractivity contribution in [3.8, 4) is 0 Å². The molecular weight excluding hydrogens is 244 g/mol. The molecule has 0 aromatic heterocycles. The predicted octanol–water partition coefficient (Wildman–Crippen LogP) is 0.936. The van der Waals surface area contributed by atoms with Gasteiger partial charge in [0.1, 0.15) is 0 Å². The van der Waals surface area contributed by atoms with Gasteiger partial charge in [-0.15, -0.1) is 0 Å². The van der Waals surface area contributed by atoms with Crippen molar-refractivity contribution in [2.24, 2.45) is 5.92 Å². The standard InChI is InChI=1S/C14H28N2O3/c1-18-10-11-19-9-3-2-7-16-14(17)5-4-13-6-8-15-12-13/h13,15H,2-12H2,1H3,(H,16,17). The smallest absolute Gasteiger partial charge is 0.220 e. The monoisotopic (exact) mass is 272 g/mol. The Bertz CT molecular complexity index is 231. The van der Waals surface area contributed by atoms with Crippen LogP contribution < -0.4 is 10.6 Å². The molecule has 0 bridgehead atoms. The average Bonchev–Trinajstić information content (AvgIpc) is 2.93. The second kappa shape index (κ2) is 11.2. The molecule has 1 saturated heterocycles. The number of hydrogen-bond acceptors (Lipinski definition) is 4. The Kier molecular flexibility index (Phi) is 9.67. The fourth-order valence-corrected chi connectivity index (χ4v) is 2.19. The van der Waals surface area contributed by atoms with Gasteiger partial charge in [0, 0.05) is 26.7 Å². The Labute approximate surface area is 116 Å². The van der Waals surface area contributed by atoms with Gasteiger partial charge in [0.15, 0.2) is 0 Å². The lowest BCUT2D eigenvalue weighted by Gasteiger charge is -2.08. The van der Waals surface area contributed by atoms with E-state index in [9.17, 15) is 4.79 Å². The molecule has 1 fully saturated rings. The van der Waals surface area contributed by atoms with Crippen molar-refractivity contribution >= 4 is 5.91 Å². The van der Waals surface area contributed by atoms with E-state index < -0.39 is 0 Å². The van der Waals surface area contributed by atoms with Gasteiger partial charge in [-0.3, -0.25) is 4.79 Å². The summed E-state index contributed by atoms with van der Waals surface area (Å²) in [6.45, 7) is 4.98. The van der Waals surface area contributed by atoms with E-state index in [2.05, 4.69) is 10.6 Å². The summed E-state index contributed by atoms with van der Waals surface area (Å²) in [5, 5.41) is 6.29. The highest BCUT2D eigenvalue weighted by Gasteiger charge is 2.15. The van der Waals surface area contributed by atoms with Gasteiger partial charge in [0.2, 0.25) is 5.91 Å². The summed E-state index contributed by atoms with van der Waals surface area (Å²) in [6.07, 6.45) is 4.85. The van der Waals surface area contributed by atoms with Gasteiger partial charge in [-0.05, 0) is 44.7 Å².